The second kappa shape index (κ2) is 9.66. The molecule has 0 aliphatic rings. The van der Waals surface area contributed by atoms with Gasteiger partial charge in [-0.3, -0.25) is 9.59 Å². The molecule has 0 aliphatic heterocycles. The summed E-state index contributed by atoms with van der Waals surface area (Å²) in [5, 5.41) is 5.26. The van der Waals surface area contributed by atoms with E-state index in [-0.39, 0.29) is 42.1 Å². The maximum Gasteiger partial charge on any atom is 0.291 e. The van der Waals surface area contributed by atoms with E-state index in [1.807, 2.05) is 0 Å². The van der Waals surface area contributed by atoms with Gasteiger partial charge in [0.1, 0.15) is 12.4 Å². The van der Waals surface area contributed by atoms with Crippen LogP contribution in [0.2, 0.25) is 0 Å². The molecular weight excluding hydrogens is 417 g/mol. The average Bonchev–Trinajstić information content (AvgIpc) is 3.03. The molecule has 1 aromatic heterocycles. The van der Waals surface area contributed by atoms with Crippen molar-refractivity contribution in [3.8, 4) is 0 Å². The summed E-state index contributed by atoms with van der Waals surface area (Å²) in [7, 11) is 0. The highest BCUT2D eigenvalue weighted by Crippen LogP contribution is 2.28. The molecule has 6 nitrogen and oxygen atoms in total. The highest BCUT2D eigenvalue weighted by molar-refractivity contribution is 7.99. The van der Waals surface area contributed by atoms with Crippen LogP contribution in [0.5, 0.6) is 0 Å². The van der Waals surface area contributed by atoms with E-state index >= 15 is 0 Å². The molecule has 0 atom stereocenters. The number of para-hydroxylation sites is 2. The van der Waals surface area contributed by atoms with Crippen LogP contribution in [0.4, 0.5) is 13.2 Å². The topological polar surface area (TPSA) is 76.0 Å². The highest BCUT2D eigenvalue weighted by atomic mass is 32.2. The van der Waals surface area contributed by atoms with E-state index in [0.717, 1.165) is 6.07 Å². The molecule has 0 spiro atoms. The van der Waals surface area contributed by atoms with Crippen LogP contribution in [0.1, 0.15) is 15.9 Å². The monoisotopic (exact) mass is 436 g/mol. The summed E-state index contributed by atoms with van der Waals surface area (Å²) >= 11 is 0.276. The zero-order valence-corrected chi connectivity index (χ0v) is 16.8. The lowest BCUT2D eigenvalue weighted by Gasteiger charge is -2.10. The Balaban J connectivity index is 1.55. The molecule has 2 N–H and O–H groups in total. The number of hydrogen-bond donors (Lipinski definition) is 2. The summed E-state index contributed by atoms with van der Waals surface area (Å²) in [6.45, 7) is 1.67. The molecule has 3 rings (SSSR count). The summed E-state index contributed by atoms with van der Waals surface area (Å²) in [6.07, 6.45) is 0. The Bertz CT molecular complexity index is 1070. The standard InChI is InChI=1S/C20H19F3N4O2S/c1-12-6-7-13(10-14(12)21)18(29)25-9-8-24-17(28)11-27-16-5-3-2-4-15(16)26-20(27)30-19(22)23/h2-7,10,19H,8-9,11H2,1H3,(H,24,28)(H,25,29). The van der Waals surface area contributed by atoms with Gasteiger partial charge in [0, 0.05) is 18.7 Å². The largest absolute Gasteiger partial charge is 0.353 e. The molecular formula is C20H19F3N4O2S. The predicted octanol–water partition coefficient (Wildman–Crippen LogP) is 3.34. The number of fused-ring (bicyclic) bond motifs is 1. The van der Waals surface area contributed by atoms with Crippen LogP contribution < -0.4 is 10.6 Å². The third-order valence-electron chi connectivity index (χ3n) is 4.28. The van der Waals surface area contributed by atoms with Gasteiger partial charge in [0.05, 0.1) is 11.0 Å². The molecule has 0 aliphatic carbocycles. The first-order chi connectivity index (χ1) is 14.3. The minimum absolute atomic E-state index is 0.0519. The number of halogens is 3. The van der Waals surface area contributed by atoms with Crippen LogP contribution in [0, 0.1) is 12.7 Å². The first kappa shape index (κ1) is 21.7. The number of aryl methyl sites for hydroxylation is 1. The molecule has 10 heteroatoms. The molecule has 0 saturated heterocycles. The fourth-order valence-corrected chi connectivity index (χ4v) is 3.39. The van der Waals surface area contributed by atoms with Crippen LogP contribution in [-0.2, 0) is 11.3 Å². The number of imidazole rings is 1. The zero-order chi connectivity index (χ0) is 21.7. The van der Waals surface area contributed by atoms with Crippen molar-refractivity contribution in [1.29, 1.82) is 0 Å². The van der Waals surface area contributed by atoms with Gasteiger partial charge in [0.25, 0.3) is 11.7 Å². The molecule has 0 bridgehead atoms. The van der Waals surface area contributed by atoms with Gasteiger partial charge in [-0.25, -0.2) is 9.37 Å². The van der Waals surface area contributed by atoms with Crippen LogP contribution in [0.25, 0.3) is 11.0 Å². The highest BCUT2D eigenvalue weighted by Gasteiger charge is 2.17. The third-order valence-corrected chi connectivity index (χ3v) is 4.98. The van der Waals surface area contributed by atoms with E-state index in [9.17, 15) is 22.8 Å². The lowest BCUT2D eigenvalue weighted by atomic mass is 10.1. The van der Waals surface area contributed by atoms with Crippen molar-refractivity contribution in [1.82, 2.24) is 20.2 Å². The van der Waals surface area contributed by atoms with Crippen molar-refractivity contribution in [3.05, 3.63) is 59.4 Å². The van der Waals surface area contributed by atoms with Crippen LogP contribution in [-0.4, -0.2) is 40.2 Å². The minimum Gasteiger partial charge on any atom is -0.353 e. The fraction of sp³-hybridized carbons (Fsp3) is 0.250. The molecule has 2 amide bonds. The van der Waals surface area contributed by atoms with Gasteiger partial charge < -0.3 is 15.2 Å². The van der Waals surface area contributed by atoms with Crippen molar-refractivity contribution < 1.29 is 22.8 Å². The molecule has 0 radical (unpaired) electrons. The summed E-state index contributed by atoms with van der Waals surface area (Å²) in [6, 6.07) is 11.0. The van der Waals surface area contributed by atoms with Gasteiger partial charge in [-0.2, -0.15) is 8.78 Å². The fourth-order valence-electron chi connectivity index (χ4n) is 2.79. The number of alkyl halides is 2. The lowest BCUT2D eigenvalue weighted by Crippen LogP contribution is -2.36. The Kier molecular flexibility index (Phi) is 6.99. The van der Waals surface area contributed by atoms with Gasteiger partial charge in [-0.05, 0) is 48.5 Å². The summed E-state index contributed by atoms with van der Waals surface area (Å²) < 4.78 is 40.6. The Labute approximate surface area is 174 Å². The summed E-state index contributed by atoms with van der Waals surface area (Å²) in [4.78, 5) is 28.4. The molecule has 0 fully saturated rings. The minimum atomic E-state index is -2.66. The smallest absolute Gasteiger partial charge is 0.291 e. The van der Waals surface area contributed by atoms with E-state index < -0.39 is 23.4 Å². The van der Waals surface area contributed by atoms with Gasteiger partial charge in [0.2, 0.25) is 5.91 Å². The summed E-state index contributed by atoms with van der Waals surface area (Å²) in [5.74, 6) is -4.00. The molecule has 0 saturated carbocycles. The Morgan fingerprint density at radius 2 is 1.87 bits per heavy atom. The SMILES string of the molecule is Cc1ccc(C(=O)NCCNC(=O)Cn2c(SC(F)F)nc3ccccc32)cc1F. The maximum absolute atomic E-state index is 13.5. The second-order valence-corrected chi connectivity index (χ2v) is 7.37. The van der Waals surface area contributed by atoms with Crippen molar-refractivity contribution in [2.45, 2.75) is 24.4 Å². The van der Waals surface area contributed by atoms with E-state index in [0.29, 0.717) is 16.6 Å². The van der Waals surface area contributed by atoms with Crippen LogP contribution in [0.15, 0.2) is 47.6 Å². The molecule has 30 heavy (non-hydrogen) atoms. The first-order valence-corrected chi connectivity index (χ1v) is 9.94. The molecule has 0 unspecified atom stereocenters. The van der Waals surface area contributed by atoms with Crippen molar-refractivity contribution in [2.24, 2.45) is 0 Å². The van der Waals surface area contributed by atoms with E-state index in [4.69, 9.17) is 0 Å². The molecule has 2 aromatic carbocycles. The quantitative estimate of drug-likeness (QED) is 0.420. The van der Waals surface area contributed by atoms with E-state index in [1.54, 1.807) is 31.2 Å². The number of hydrogen-bond acceptors (Lipinski definition) is 4. The van der Waals surface area contributed by atoms with Gasteiger partial charge >= 0.3 is 0 Å². The van der Waals surface area contributed by atoms with Crippen molar-refractivity contribution in [3.63, 3.8) is 0 Å². The number of aromatic nitrogens is 2. The van der Waals surface area contributed by atoms with Gasteiger partial charge in [-0.15, -0.1) is 0 Å². The number of benzene rings is 2. The van der Waals surface area contributed by atoms with Gasteiger partial charge in [-0.1, -0.05) is 18.2 Å². The number of nitrogens with one attached hydrogen (secondary N) is 2. The van der Waals surface area contributed by atoms with Gasteiger partial charge in [0.15, 0.2) is 5.16 Å². The Morgan fingerprint density at radius 3 is 2.60 bits per heavy atom. The number of carbonyl (C=O) groups is 2. The first-order valence-electron chi connectivity index (χ1n) is 9.06. The van der Waals surface area contributed by atoms with Crippen LogP contribution >= 0.6 is 11.8 Å². The maximum atomic E-state index is 13.5. The normalized spacial score (nSPS) is 11.1. The second-order valence-electron chi connectivity index (χ2n) is 6.42. The van der Waals surface area contributed by atoms with Crippen LogP contribution in [0.3, 0.4) is 0 Å². The predicted molar refractivity (Wildman–Crippen MR) is 108 cm³/mol. The average molecular weight is 436 g/mol. The number of carbonyl (C=O) groups excluding carboxylic acids is 2. The van der Waals surface area contributed by atoms with Crippen molar-refractivity contribution in [2.75, 3.05) is 13.1 Å². The zero-order valence-electron chi connectivity index (χ0n) is 16.0. The molecule has 1 heterocycles. The number of nitrogens with zero attached hydrogens (tertiary/aromatic N) is 2. The third kappa shape index (κ3) is 5.32. The Hall–Kier alpha value is -3.01. The lowest BCUT2D eigenvalue weighted by molar-refractivity contribution is -0.121. The van der Waals surface area contributed by atoms with E-state index in [2.05, 4.69) is 15.6 Å². The number of rotatable bonds is 8. The van der Waals surface area contributed by atoms with E-state index in [1.165, 1.54) is 16.7 Å². The molecule has 3 aromatic rings. The molecule has 158 valence electrons. The Morgan fingerprint density at radius 1 is 1.13 bits per heavy atom. The number of thioether (sulfide) groups is 1. The summed E-state index contributed by atoms with van der Waals surface area (Å²) in [5.41, 5.74) is 1.72. The number of amides is 2. The van der Waals surface area contributed by atoms with Crippen molar-refractivity contribution >= 4 is 34.6 Å².